The molecule has 0 unspecified atom stereocenters. The molecule has 1 amide bonds. The monoisotopic (exact) mass is 317 g/mol. The first kappa shape index (κ1) is 16.0. The predicted octanol–water partition coefficient (Wildman–Crippen LogP) is 1.88. The number of nitrogens with one attached hydrogen (secondary N) is 1. The summed E-state index contributed by atoms with van der Waals surface area (Å²) in [6.45, 7) is 2.55. The number of aromatic nitrogens is 4. The Balaban J connectivity index is 2.08. The molecule has 0 saturated heterocycles. The largest absolute Gasteiger partial charge is 0.433 e. The molecule has 22 heavy (non-hydrogen) atoms. The van der Waals surface area contributed by atoms with Gasteiger partial charge in [0.2, 0.25) is 0 Å². The third-order valence-electron chi connectivity index (χ3n) is 2.72. The number of carbonyl (C=O) groups is 1. The van der Waals surface area contributed by atoms with Gasteiger partial charge in [-0.25, -0.2) is 4.68 Å². The second kappa shape index (κ2) is 6.18. The Kier molecular flexibility index (Phi) is 4.50. The molecule has 0 fully saturated rings. The Hall–Kier alpha value is -2.36. The average Bonchev–Trinajstić information content (AvgIpc) is 3.02. The zero-order chi connectivity index (χ0) is 16.3. The quantitative estimate of drug-likeness (QED) is 0.914. The number of alkyl halides is 3. The lowest BCUT2D eigenvalue weighted by atomic mass is 10.3. The molecule has 10 heteroatoms. The summed E-state index contributed by atoms with van der Waals surface area (Å²) in [5.41, 5.74) is -0.985. The second-order valence-corrected chi connectivity index (χ2v) is 4.38. The number of rotatable bonds is 5. The van der Waals surface area contributed by atoms with Crippen molar-refractivity contribution in [1.82, 2.24) is 19.6 Å². The molecule has 0 bridgehead atoms. The molecule has 1 N–H and O–H groups in total. The fraction of sp³-hybridized carbons (Fsp3) is 0.417. The smallest absolute Gasteiger partial charge is 0.360 e. The zero-order valence-electron chi connectivity index (χ0n) is 11.9. The van der Waals surface area contributed by atoms with E-state index in [1.165, 1.54) is 17.1 Å². The third-order valence-corrected chi connectivity index (χ3v) is 2.72. The van der Waals surface area contributed by atoms with Gasteiger partial charge in [-0.2, -0.15) is 23.4 Å². The van der Waals surface area contributed by atoms with E-state index in [-0.39, 0.29) is 12.4 Å². The zero-order valence-corrected chi connectivity index (χ0v) is 11.9. The van der Waals surface area contributed by atoms with Crippen molar-refractivity contribution < 1.29 is 22.7 Å². The van der Waals surface area contributed by atoms with E-state index in [9.17, 15) is 18.0 Å². The maximum Gasteiger partial charge on any atom is 0.433 e. The van der Waals surface area contributed by atoms with Crippen molar-refractivity contribution in [2.75, 3.05) is 11.9 Å². The maximum atomic E-state index is 12.7. The highest BCUT2D eigenvalue weighted by Crippen LogP contribution is 2.29. The Morgan fingerprint density at radius 1 is 1.45 bits per heavy atom. The molecule has 2 aromatic rings. The minimum atomic E-state index is -4.57. The molecule has 7 nitrogen and oxygen atoms in total. The lowest BCUT2D eigenvalue weighted by Gasteiger charge is -2.04. The van der Waals surface area contributed by atoms with E-state index in [1.807, 2.05) is 6.92 Å². The second-order valence-electron chi connectivity index (χ2n) is 4.38. The van der Waals surface area contributed by atoms with Crippen molar-refractivity contribution in [3.8, 4) is 0 Å². The standard InChI is InChI=1S/C12H14F3N5O2/c1-3-22-7-20-6-8(5-16-20)17-11(21)9-4-10(12(13,14)15)19(2)18-9/h4-6H,3,7H2,1-2H3,(H,17,21). The fourth-order valence-electron chi connectivity index (χ4n) is 1.72. The van der Waals surface area contributed by atoms with Crippen LogP contribution in [0, 0.1) is 0 Å². The maximum absolute atomic E-state index is 12.7. The molecule has 0 aromatic carbocycles. The van der Waals surface area contributed by atoms with Crippen LogP contribution in [0.4, 0.5) is 18.9 Å². The molecule has 120 valence electrons. The van der Waals surface area contributed by atoms with Gasteiger partial charge in [0.15, 0.2) is 5.69 Å². The summed E-state index contributed by atoms with van der Waals surface area (Å²) in [6.07, 6.45) is -1.70. The number of hydrogen-bond acceptors (Lipinski definition) is 4. The van der Waals surface area contributed by atoms with Crippen molar-refractivity contribution in [3.05, 3.63) is 29.8 Å². The minimum absolute atomic E-state index is 0.216. The predicted molar refractivity (Wildman–Crippen MR) is 70.0 cm³/mol. The van der Waals surface area contributed by atoms with Crippen LogP contribution in [0.2, 0.25) is 0 Å². The van der Waals surface area contributed by atoms with E-state index in [0.29, 0.717) is 23.0 Å². The van der Waals surface area contributed by atoms with E-state index in [2.05, 4.69) is 15.5 Å². The summed E-state index contributed by atoms with van der Waals surface area (Å²) < 4.78 is 45.2. The van der Waals surface area contributed by atoms with Crippen molar-refractivity contribution >= 4 is 11.6 Å². The first-order valence-electron chi connectivity index (χ1n) is 6.34. The lowest BCUT2D eigenvalue weighted by Crippen LogP contribution is -2.12. The first-order chi connectivity index (χ1) is 10.3. The minimum Gasteiger partial charge on any atom is -0.360 e. The van der Waals surface area contributed by atoms with Crippen LogP contribution in [0.3, 0.4) is 0 Å². The SMILES string of the molecule is CCOCn1cc(NC(=O)c2cc(C(F)(F)F)n(C)n2)cn1. The molecule has 0 aliphatic heterocycles. The van der Waals surface area contributed by atoms with Gasteiger partial charge in [0.1, 0.15) is 12.4 Å². The first-order valence-corrected chi connectivity index (χ1v) is 6.34. The Labute approximate surface area is 123 Å². The number of aryl methyl sites for hydroxylation is 1. The molecule has 2 aromatic heterocycles. The Bertz CT molecular complexity index is 662. The number of hydrogen-bond donors (Lipinski definition) is 1. The van der Waals surface area contributed by atoms with Gasteiger partial charge in [-0.15, -0.1) is 0 Å². The highest BCUT2D eigenvalue weighted by atomic mass is 19.4. The van der Waals surface area contributed by atoms with Gasteiger partial charge >= 0.3 is 6.18 Å². The summed E-state index contributed by atoms with van der Waals surface area (Å²) >= 11 is 0. The van der Waals surface area contributed by atoms with E-state index >= 15 is 0 Å². The van der Waals surface area contributed by atoms with Gasteiger partial charge in [0.25, 0.3) is 5.91 Å². The highest BCUT2D eigenvalue weighted by Gasteiger charge is 2.35. The molecule has 2 heterocycles. The highest BCUT2D eigenvalue weighted by molar-refractivity contribution is 6.02. The van der Waals surface area contributed by atoms with Crippen LogP contribution in [-0.2, 0) is 24.7 Å². The van der Waals surface area contributed by atoms with Crippen LogP contribution in [-0.4, -0.2) is 32.1 Å². The summed E-state index contributed by atoms with van der Waals surface area (Å²) in [4.78, 5) is 11.9. The van der Waals surface area contributed by atoms with Crippen LogP contribution in [0.25, 0.3) is 0 Å². The van der Waals surface area contributed by atoms with Crippen molar-refractivity contribution in [2.45, 2.75) is 19.8 Å². The van der Waals surface area contributed by atoms with Gasteiger partial charge in [0, 0.05) is 19.7 Å². The molecule has 0 aliphatic rings. The number of nitrogens with zero attached hydrogens (tertiary/aromatic N) is 4. The van der Waals surface area contributed by atoms with Crippen LogP contribution in [0.5, 0.6) is 0 Å². The Morgan fingerprint density at radius 2 is 2.18 bits per heavy atom. The van der Waals surface area contributed by atoms with E-state index in [0.717, 1.165) is 7.05 Å². The topological polar surface area (TPSA) is 74.0 Å². The third kappa shape index (κ3) is 3.64. The average molecular weight is 317 g/mol. The van der Waals surface area contributed by atoms with E-state index < -0.39 is 17.8 Å². The van der Waals surface area contributed by atoms with Gasteiger partial charge in [-0.05, 0) is 6.92 Å². The van der Waals surface area contributed by atoms with Crippen molar-refractivity contribution in [1.29, 1.82) is 0 Å². The van der Waals surface area contributed by atoms with Crippen molar-refractivity contribution in [3.63, 3.8) is 0 Å². The summed E-state index contributed by atoms with van der Waals surface area (Å²) in [5, 5.41) is 9.92. The Morgan fingerprint density at radius 3 is 2.77 bits per heavy atom. The van der Waals surface area contributed by atoms with Crippen LogP contribution >= 0.6 is 0 Å². The van der Waals surface area contributed by atoms with E-state index in [1.54, 1.807) is 0 Å². The van der Waals surface area contributed by atoms with Crippen LogP contribution in [0.15, 0.2) is 18.5 Å². The molecule has 0 atom stereocenters. The molecule has 0 aliphatic carbocycles. The summed E-state index contributed by atoms with van der Waals surface area (Å²) in [7, 11) is 1.12. The molecule has 0 spiro atoms. The van der Waals surface area contributed by atoms with Crippen molar-refractivity contribution in [2.24, 2.45) is 7.05 Å². The summed E-state index contributed by atoms with van der Waals surface area (Å²) in [5.74, 6) is -0.748. The molecular formula is C12H14F3N5O2. The summed E-state index contributed by atoms with van der Waals surface area (Å²) in [6, 6.07) is 0.694. The number of carbonyl (C=O) groups excluding carboxylic acids is 1. The van der Waals surface area contributed by atoms with Gasteiger partial charge in [-0.1, -0.05) is 0 Å². The van der Waals surface area contributed by atoms with Crippen LogP contribution < -0.4 is 5.32 Å². The number of ether oxygens (including phenoxy) is 1. The van der Waals surface area contributed by atoms with E-state index in [4.69, 9.17) is 4.74 Å². The lowest BCUT2D eigenvalue weighted by molar-refractivity contribution is -0.143. The molecule has 2 rings (SSSR count). The van der Waals surface area contributed by atoms with Crippen LogP contribution in [0.1, 0.15) is 23.1 Å². The molecule has 0 saturated carbocycles. The molecular weight excluding hydrogens is 303 g/mol. The van der Waals surface area contributed by atoms with Gasteiger partial charge in [-0.3, -0.25) is 9.48 Å². The number of anilines is 1. The fourth-order valence-corrected chi connectivity index (χ4v) is 1.72. The molecule has 0 radical (unpaired) electrons. The number of halogens is 3. The van der Waals surface area contributed by atoms with Gasteiger partial charge < -0.3 is 10.1 Å². The van der Waals surface area contributed by atoms with Gasteiger partial charge in [0.05, 0.1) is 18.1 Å². The number of amides is 1. The normalized spacial score (nSPS) is 11.7.